The Morgan fingerprint density at radius 2 is 1.96 bits per heavy atom. The third kappa shape index (κ3) is 7.65. The summed E-state index contributed by atoms with van der Waals surface area (Å²) in [7, 11) is 3.51. The van der Waals surface area contributed by atoms with Crippen molar-refractivity contribution in [1.82, 2.24) is 10.6 Å². The third-order valence-corrected chi connectivity index (χ3v) is 4.95. The standard InChI is InChI=1S/C17H29N3OS.HI/c1-13(14-9-7-8-10-15(14)21-5)11-19-16(18-4)20-12-17(2,3)22-6;/h7-10,13H,11-12H2,1-6H3,(H2,18,19,20);1H. The van der Waals surface area contributed by atoms with E-state index in [2.05, 4.69) is 48.7 Å². The molecule has 1 atom stereocenters. The van der Waals surface area contributed by atoms with E-state index in [9.17, 15) is 0 Å². The predicted octanol–water partition coefficient (Wildman–Crippen LogP) is 3.72. The van der Waals surface area contributed by atoms with Crippen LogP contribution in [0.2, 0.25) is 0 Å². The van der Waals surface area contributed by atoms with Crippen LogP contribution in [0.3, 0.4) is 0 Å². The number of ether oxygens (including phenoxy) is 1. The lowest BCUT2D eigenvalue weighted by atomic mass is 10.0. The SMILES string of the molecule is CN=C(NCC(C)c1ccccc1OC)NCC(C)(C)SC.I. The number of para-hydroxylation sites is 1. The molecule has 1 unspecified atom stereocenters. The van der Waals surface area contributed by atoms with Crippen LogP contribution in [0, 0.1) is 0 Å². The monoisotopic (exact) mass is 451 g/mol. The molecule has 0 aliphatic carbocycles. The number of nitrogens with zero attached hydrogens (tertiary/aromatic N) is 1. The number of thioether (sulfide) groups is 1. The van der Waals surface area contributed by atoms with Gasteiger partial charge in [0, 0.05) is 30.8 Å². The van der Waals surface area contributed by atoms with Crippen molar-refractivity contribution in [2.45, 2.75) is 31.4 Å². The highest BCUT2D eigenvalue weighted by Gasteiger charge is 2.17. The van der Waals surface area contributed by atoms with E-state index in [-0.39, 0.29) is 28.7 Å². The number of methoxy groups -OCH3 is 1. The zero-order valence-corrected chi connectivity index (χ0v) is 18.1. The van der Waals surface area contributed by atoms with Gasteiger partial charge >= 0.3 is 0 Å². The molecule has 132 valence electrons. The number of aliphatic imine (C=N–C) groups is 1. The van der Waals surface area contributed by atoms with Gasteiger partial charge in [-0.2, -0.15) is 11.8 Å². The molecule has 0 amide bonds. The maximum absolute atomic E-state index is 5.43. The molecule has 0 saturated carbocycles. The summed E-state index contributed by atoms with van der Waals surface area (Å²) in [4.78, 5) is 4.29. The average molecular weight is 451 g/mol. The fraction of sp³-hybridized carbons (Fsp3) is 0.588. The van der Waals surface area contributed by atoms with Crippen molar-refractivity contribution in [2.75, 3.05) is 33.5 Å². The summed E-state index contributed by atoms with van der Waals surface area (Å²) in [5.41, 5.74) is 1.21. The van der Waals surface area contributed by atoms with E-state index in [0.717, 1.165) is 24.8 Å². The molecule has 1 aromatic rings. The summed E-state index contributed by atoms with van der Waals surface area (Å²) in [6.07, 6.45) is 2.13. The van der Waals surface area contributed by atoms with Gasteiger partial charge in [-0.3, -0.25) is 4.99 Å². The average Bonchev–Trinajstić information content (AvgIpc) is 2.54. The van der Waals surface area contributed by atoms with Gasteiger partial charge < -0.3 is 15.4 Å². The van der Waals surface area contributed by atoms with Crippen LogP contribution in [-0.4, -0.2) is 44.2 Å². The highest BCUT2D eigenvalue weighted by atomic mass is 127. The predicted molar refractivity (Wildman–Crippen MR) is 114 cm³/mol. The molecule has 0 spiro atoms. The summed E-state index contributed by atoms with van der Waals surface area (Å²) in [5, 5.41) is 6.77. The fourth-order valence-electron chi connectivity index (χ4n) is 2.02. The van der Waals surface area contributed by atoms with Gasteiger partial charge in [0.2, 0.25) is 0 Å². The minimum atomic E-state index is 0. The number of nitrogens with one attached hydrogen (secondary N) is 2. The second kappa shape index (κ2) is 11.0. The van der Waals surface area contributed by atoms with Gasteiger partial charge in [0.15, 0.2) is 5.96 Å². The summed E-state index contributed by atoms with van der Waals surface area (Å²) in [6.45, 7) is 8.30. The number of halogens is 1. The number of rotatable bonds is 7. The molecule has 0 saturated heterocycles. The first-order valence-electron chi connectivity index (χ1n) is 7.56. The second-order valence-electron chi connectivity index (χ2n) is 5.91. The van der Waals surface area contributed by atoms with Gasteiger partial charge in [-0.25, -0.2) is 0 Å². The van der Waals surface area contributed by atoms with Crippen LogP contribution < -0.4 is 15.4 Å². The molecule has 1 aromatic carbocycles. The van der Waals surface area contributed by atoms with E-state index < -0.39 is 0 Å². The minimum absolute atomic E-state index is 0. The molecule has 4 nitrogen and oxygen atoms in total. The lowest BCUT2D eigenvalue weighted by molar-refractivity contribution is 0.406. The lowest BCUT2D eigenvalue weighted by Crippen LogP contribution is -2.44. The minimum Gasteiger partial charge on any atom is -0.496 e. The highest BCUT2D eigenvalue weighted by Crippen LogP contribution is 2.25. The molecule has 0 aliphatic heterocycles. The van der Waals surface area contributed by atoms with E-state index >= 15 is 0 Å². The Morgan fingerprint density at radius 1 is 1.30 bits per heavy atom. The maximum atomic E-state index is 5.43. The molecule has 0 aliphatic rings. The number of hydrogen-bond donors (Lipinski definition) is 2. The Balaban J connectivity index is 0.00000484. The van der Waals surface area contributed by atoms with Crippen LogP contribution in [0.25, 0.3) is 0 Å². The molecule has 2 N–H and O–H groups in total. The van der Waals surface area contributed by atoms with Gasteiger partial charge in [0.25, 0.3) is 0 Å². The van der Waals surface area contributed by atoms with Gasteiger partial charge in [-0.1, -0.05) is 25.1 Å². The van der Waals surface area contributed by atoms with Crippen LogP contribution >= 0.6 is 35.7 Å². The quantitative estimate of drug-likeness (QED) is 0.377. The Hall–Kier alpha value is -0.630. The maximum Gasteiger partial charge on any atom is 0.191 e. The first-order valence-corrected chi connectivity index (χ1v) is 8.78. The lowest BCUT2D eigenvalue weighted by Gasteiger charge is -2.24. The van der Waals surface area contributed by atoms with Crippen LogP contribution in [0.4, 0.5) is 0 Å². The van der Waals surface area contributed by atoms with Gasteiger partial charge in [0.05, 0.1) is 7.11 Å². The van der Waals surface area contributed by atoms with E-state index in [4.69, 9.17) is 4.74 Å². The molecule has 0 aromatic heterocycles. The Morgan fingerprint density at radius 3 is 2.52 bits per heavy atom. The summed E-state index contributed by atoms with van der Waals surface area (Å²) >= 11 is 1.84. The van der Waals surface area contributed by atoms with Crippen LogP contribution in [0.5, 0.6) is 5.75 Å². The van der Waals surface area contributed by atoms with E-state index in [1.165, 1.54) is 5.56 Å². The van der Waals surface area contributed by atoms with Gasteiger partial charge in [-0.05, 0) is 31.7 Å². The first-order chi connectivity index (χ1) is 10.4. The largest absolute Gasteiger partial charge is 0.496 e. The van der Waals surface area contributed by atoms with E-state index in [1.54, 1.807) is 14.2 Å². The highest BCUT2D eigenvalue weighted by molar-refractivity contribution is 14.0. The summed E-state index contributed by atoms with van der Waals surface area (Å²) in [6, 6.07) is 8.15. The topological polar surface area (TPSA) is 45.7 Å². The van der Waals surface area contributed by atoms with Crippen LogP contribution in [0.15, 0.2) is 29.3 Å². The zero-order valence-electron chi connectivity index (χ0n) is 15.0. The van der Waals surface area contributed by atoms with E-state index in [1.807, 2.05) is 30.0 Å². The zero-order chi connectivity index (χ0) is 16.6. The Kier molecular flexibility index (Phi) is 10.7. The molecule has 6 heteroatoms. The van der Waals surface area contributed by atoms with Gasteiger partial charge in [0.1, 0.15) is 5.75 Å². The molecular formula is C17H30IN3OS. The second-order valence-corrected chi connectivity index (χ2v) is 7.43. The van der Waals surface area contributed by atoms with Crippen molar-refractivity contribution in [2.24, 2.45) is 4.99 Å². The summed E-state index contributed by atoms with van der Waals surface area (Å²) < 4.78 is 5.62. The molecule has 1 rings (SSSR count). The van der Waals surface area contributed by atoms with E-state index in [0.29, 0.717) is 5.92 Å². The number of benzene rings is 1. The molecule has 23 heavy (non-hydrogen) atoms. The van der Waals surface area contributed by atoms with Crippen molar-refractivity contribution in [3.05, 3.63) is 29.8 Å². The van der Waals surface area contributed by atoms with Crippen molar-refractivity contribution < 1.29 is 4.74 Å². The third-order valence-electron chi connectivity index (χ3n) is 3.70. The molecule has 0 heterocycles. The molecular weight excluding hydrogens is 421 g/mol. The smallest absolute Gasteiger partial charge is 0.191 e. The normalized spacial score (nSPS) is 13.0. The first kappa shape index (κ1) is 22.4. The fourth-order valence-corrected chi connectivity index (χ4v) is 2.24. The molecule has 0 radical (unpaired) electrons. The van der Waals surface area contributed by atoms with Crippen molar-refractivity contribution in [1.29, 1.82) is 0 Å². The molecule has 0 fully saturated rings. The van der Waals surface area contributed by atoms with Crippen LogP contribution in [-0.2, 0) is 0 Å². The van der Waals surface area contributed by atoms with Crippen molar-refractivity contribution >= 4 is 41.7 Å². The molecule has 0 bridgehead atoms. The number of hydrogen-bond acceptors (Lipinski definition) is 3. The van der Waals surface area contributed by atoms with Crippen molar-refractivity contribution in [3.8, 4) is 5.75 Å². The van der Waals surface area contributed by atoms with Gasteiger partial charge in [-0.15, -0.1) is 24.0 Å². The summed E-state index contributed by atoms with van der Waals surface area (Å²) in [5.74, 6) is 2.11. The van der Waals surface area contributed by atoms with Crippen molar-refractivity contribution in [3.63, 3.8) is 0 Å². The Bertz CT molecular complexity index is 494. The van der Waals surface area contributed by atoms with Crippen LogP contribution in [0.1, 0.15) is 32.3 Å². The number of guanidine groups is 1. The Labute approximate surface area is 162 Å².